The van der Waals surface area contributed by atoms with Gasteiger partial charge in [-0.2, -0.15) is 33.6 Å². The maximum atomic E-state index is 14.0. The number of anilines is 1. The van der Waals surface area contributed by atoms with Crippen LogP contribution in [-0.2, 0) is 6.18 Å². The molecule has 5 rings (SSSR count). The minimum absolute atomic E-state index is 0.0821. The Bertz CT molecular complexity index is 1470. The Balaban J connectivity index is 1.52. The molecular weight excluding hydrogens is 463 g/mol. The number of rotatable bonds is 4. The summed E-state index contributed by atoms with van der Waals surface area (Å²) >= 11 is 6.16. The van der Waals surface area contributed by atoms with Gasteiger partial charge in [0.2, 0.25) is 0 Å². The first-order chi connectivity index (χ1) is 15.8. The SMILES string of the molecule is O=C(Nc1cnc(-n2nccn2)c(Cl)c1)c1cnn(-c2cccc3[nH]ncc23)c1C(F)(F)F. The molecule has 33 heavy (non-hydrogen) atoms. The lowest BCUT2D eigenvalue weighted by Crippen LogP contribution is -2.21. The van der Waals surface area contributed by atoms with Crippen molar-refractivity contribution in [2.24, 2.45) is 0 Å². The first-order valence-corrected chi connectivity index (χ1v) is 9.62. The lowest BCUT2D eigenvalue weighted by atomic mass is 10.2. The van der Waals surface area contributed by atoms with E-state index in [4.69, 9.17) is 11.6 Å². The van der Waals surface area contributed by atoms with Crippen LogP contribution in [0.2, 0.25) is 5.02 Å². The fourth-order valence-electron chi connectivity index (χ4n) is 3.28. The van der Waals surface area contributed by atoms with Crippen LogP contribution in [0, 0.1) is 0 Å². The zero-order chi connectivity index (χ0) is 23.2. The molecule has 4 aromatic heterocycles. The second kappa shape index (κ2) is 7.70. The number of carbonyl (C=O) groups excluding carboxylic acids is 1. The van der Waals surface area contributed by atoms with Gasteiger partial charge in [-0.25, -0.2) is 9.67 Å². The second-order valence-electron chi connectivity index (χ2n) is 6.73. The number of amides is 1. The Hall–Kier alpha value is -4.26. The van der Waals surface area contributed by atoms with Crippen LogP contribution in [0.3, 0.4) is 0 Å². The number of H-pyrrole nitrogens is 1. The summed E-state index contributed by atoms with van der Waals surface area (Å²) in [5.41, 5.74) is -1.18. The molecule has 0 fully saturated rings. The monoisotopic (exact) mass is 473 g/mol. The highest BCUT2D eigenvalue weighted by atomic mass is 35.5. The van der Waals surface area contributed by atoms with Crippen molar-refractivity contribution in [2.45, 2.75) is 6.18 Å². The molecule has 14 heteroatoms. The minimum atomic E-state index is -4.87. The number of pyridine rings is 1. The number of aromatic amines is 1. The molecule has 0 saturated carbocycles. The number of fused-ring (bicyclic) bond motifs is 1. The average Bonchev–Trinajstić information content (AvgIpc) is 3.52. The number of hydrogen-bond acceptors (Lipinski definition) is 6. The van der Waals surface area contributed by atoms with Gasteiger partial charge in [0.1, 0.15) is 0 Å². The zero-order valence-corrected chi connectivity index (χ0v) is 17.0. The van der Waals surface area contributed by atoms with E-state index in [1.165, 1.54) is 36.9 Å². The molecule has 0 unspecified atom stereocenters. The van der Waals surface area contributed by atoms with Gasteiger partial charge in [-0.1, -0.05) is 17.7 Å². The number of halogens is 4. The third kappa shape index (κ3) is 3.67. The standard InChI is InChI=1S/C19H11ClF3N9O/c20-13-6-10(7-24-17(13)32-26-4-5-27-32)29-18(33)12-9-28-31(16(12)19(21,22)23)15-3-1-2-14-11(15)8-25-30-14/h1-9H,(H,25,30)(H,29,33). The van der Waals surface area contributed by atoms with E-state index in [2.05, 4.69) is 35.8 Å². The topological polar surface area (TPSA) is 119 Å². The molecule has 166 valence electrons. The summed E-state index contributed by atoms with van der Waals surface area (Å²) in [6.45, 7) is 0. The lowest BCUT2D eigenvalue weighted by molar-refractivity contribution is -0.143. The van der Waals surface area contributed by atoms with E-state index in [0.717, 1.165) is 11.0 Å². The van der Waals surface area contributed by atoms with Gasteiger partial charge in [0, 0.05) is 5.39 Å². The van der Waals surface area contributed by atoms with Gasteiger partial charge in [-0.05, 0) is 18.2 Å². The minimum Gasteiger partial charge on any atom is -0.320 e. The predicted octanol–water partition coefficient (Wildman–Crippen LogP) is 3.65. The Morgan fingerprint density at radius 3 is 2.61 bits per heavy atom. The molecule has 0 radical (unpaired) electrons. The van der Waals surface area contributed by atoms with E-state index in [0.29, 0.717) is 15.6 Å². The molecule has 0 aliphatic rings. The highest BCUT2D eigenvalue weighted by molar-refractivity contribution is 6.32. The van der Waals surface area contributed by atoms with E-state index < -0.39 is 23.3 Å². The summed E-state index contributed by atoms with van der Waals surface area (Å²) in [4.78, 5) is 18.0. The molecule has 10 nitrogen and oxygen atoms in total. The number of nitrogens with one attached hydrogen (secondary N) is 2. The Labute approximate surface area is 187 Å². The van der Waals surface area contributed by atoms with Crippen LogP contribution in [0.4, 0.5) is 18.9 Å². The van der Waals surface area contributed by atoms with Gasteiger partial charge in [0.25, 0.3) is 5.91 Å². The quantitative estimate of drug-likeness (QED) is 0.411. The average molecular weight is 474 g/mol. The number of alkyl halides is 3. The highest BCUT2D eigenvalue weighted by Crippen LogP contribution is 2.35. The van der Waals surface area contributed by atoms with Crippen molar-refractivity contribution >= 4 is 34.1 Å². The summed E-state index contributed by atoms with van der Waals surface area (Å²) in [6.07, 6.45) is 1.44. The van der Waals surface area contributed by atoms with Gasteiger partial charge in [0.15, 0.2) is 11.5 Å². The van der Waals surface area contributed by atoms with Crippen molar-refractivity contribution in [2.75, 3.05) is 5.32 Å². The summed E-state index contributed by atoms with van der Waals surface area (Å²) in [5.74, 6) is -0.840. The molecule has 1 amide bonds. The molecule has 1 aromatic carbocycles. The fourth-order valence-corrected chi connectivity index (χ4v) is 3.52. The summed E-state index contributed by atoms with van der Waals surface area (Å²) in [5, 5.41) is 21.1. The third-order valence-corrected chi connectivity index (χ3v) is 4.94. The molecule has 2 N–H and O–H groups in total. The van der Waals surface area contributed by atoms with E-state index in [1.54, 1.807) is 12.1 Å². The van der Waals surface area contributed by atoms with E-state index in [-0.39, 0.29) is 22.2 Å². The van der Waals surface area contributed by atoms with E-state index >= 15 is 0 Å². The number of benzene rings is 1. The summed E-state index contributed by atoms with van der Waals surface area (Å²) in [6, 6.07) is 6.00. The van der Waals surface area contributed by atoms with Crippen molar-refractivity contribution in [3.05, 3.63) is 71.5 Å². The number of nitrogens with zero attached hydrogens (tertiary/aromatic N) is 7. The Kier molecular flexibility index (Phi) is 4.82. The summed E-state index contributed by atoms with van der Waals surface area (Å²) < 4.78 is 42.7. The van der Waals surface area contributed by atoms with E-state index in [1.807, 2.05) is 0 Å². The maximum Gasteiger partial charge on any atom is 0.434 e. The molecule has 4 heterocycles. The van der Waals surface area contributed by atoms with E-state index in [9.17, 15) is 18.0 Å². The van der Waals surface area contributed by atoms with Crippen molar-refractivity contribution in [1.29, 1.82) is 0 Å². The predicted molar refractivity (Wildman–Crippen MR) is 110 cm³/mol. The third-order valence-electron chi connectivity index (χ3n) is 4.66. The van der Waals surface area contributed by atoms with Crippen LogP contribution >= 0.6 is 11.6 Å². The van der Waals surface area contributed by atoms with Gasteiger partial charge < -0.3 is 5.32 Å². The molecule has 0 spiro atoms. The normalized spacial score (nSPS) is 11.8. The van der Waals surface area contributed by atoms with Gasteiger partial charge in [0.05, 0.1) is 58.5 Å². The number of carbonyl (C=O) groups is 1. The Morgan fingerprint density at radius 2 is 1.88 bits per heavy atom. The molecule has 0 aliphatic heterocycles. The summed E-state index contributed by atoms with van der Waals surface area (Å²) in [7, 11) is 0. The largest absolute Gasteiger partial charge is 0.434 e. The maximum absolute atomic E-state index is 14.0. The van der Waals surface area contributed by atoms with Crippen molar-refractivity contribution < 1.29 is 18.0 Å². The van der Waals surface area contributed by atoms with Crippen LogP contribution in [0.15, 0.2) is 55.2 Å². The molecule has 0 aliphatic carbocycles. The second-order valence-corrected chi connectivity index (χ2v) is 7.13. The molecule has 0 saturated heterocycles. The molecule has 5 aromatic rings. The lowest BCUT2D eigenvalue weighted by Gasteiger charge is -2.13. The van der Waals surface area contributed by atoms with Crippen LogP contribution in [0.1, 0.15) is 16.1 Å². The number of hydrogen-bond donors (Lipinski definition) is 2. The number of aromatic nitrogens is 8. The van der Waals surface area contributed by atoms with Crippen molar-refractivity contribution in [3.8, 4) is 11.5 Å². The van der Waals surface area contributed by atoms with Gasteiger partial charge in [-0.15, -0.1) is 4.80 Å². The first-order valence-electron chi connectivity index (χ1n) is 9.24. The Morgan fingerprint density at radius 1 is 1.09 bits per heavy atom. The zero-order valence-electron chi connectivity index (χ0n) is 16.2. The molecular formula is C19H11ClF3N9O. The fraction of sp³-hybridized carbons (Fsp3) is 0.0526. The molecule has 0 bridgehead atoms. The first kappa shape index (κ1) is 20.6. The van der Waals surface area contributed by atoms with Crippen LogP contribution in [0.25, 0.3) is 22.4 Å². The van der Waals surface area contributed by atoms with Crippen molar-refractivity contribution in [1.82, 2.24) is 40.0 Å². The van der Waals surface area contributed by atoms with Crippen LogP contribution in [-0.4, -0.2) is 45.9 Å². The van der Waals surface area contributed by atoms with Gasteiger partial charge in [-0.3, -0.25) is 9.89 Å². The van der Waals surface area contributed by atoms with Gasteiger partial charge >= 0.3 is 6.18 Å². The van der Waals surface area contributed by atoms with Crippen LogP contribution in [0.5, 0.6) is 0 Å². The highest BCUT2D eigenvalue weighted by Gasteiger charge is 2.41. The smallest absolute Gasteiger partial charge is 0.320 e. The van der Waals surface area contributed by atoms with Crippen molar-refractivity contribution in [3.63, 3.8) is 0 Å². The van der Waals surface area contributed by atoms with Crippen LogP contribution < -0.4 is 5.32 Å². The molecule has 0 atom stereocenters.